The molecule has 66 valence electrons. The van der Waals surface area contributed by atoms with Crippen LogP contribution in [0.1, 0.15) is 6.42 Å². The molecule has 0 radical (unpaired) electrons. The lowest BCUT2D eigenvalue weighted by Gasteiger charge is -2.33. The Morgan fingerprint density at radius 2 is 2.09 bits per heavy atom. The fourth-order valence-corrected chi connectivity index (χ4v) is 1.42. The van der Waals surface area contributed by atoms with Crippen molar-refractivity contribution in [1.29, 1.82) is 0 Å². The van der Waals surface area contributed by atoms with Crippen molar-refractivity contribution in [3.63, 3.8) is 0 Å². The summed E-state index contributed by atoms with van der Waals surface area (Å²) in [4.78, 5) is 0. The van der Waals surface area contributed by atoms with Gasteiger partial charge < -0.3 is 20.1 Å². The molecule has 0 aromatic carbocycles. The molecular formula is C6H12O4S. The minimum absolute atomic E-state index is 0.152. The zero-order chi connectivity index (χ0) is 8.43. The highest BCUT2D eigenvalue weighted by Crippen LogP contribution is 2.21. The summed E-state index contributed by atoms with van der Waals surface area (Å²) in [6.45, 7) is -0.152. The molecule has 0 bridgehead atoms. The number of hydrogen-bond donors (Lipinski definition) is 4. The van der Waals surface area contributed by atoms with Gasteiger partial charge in [-0.3, -0.25) is 0 Å². The molecule has 1 aliphatic rings. The van der Waals surface area contributed by atoms with Gasteiger partial charge in [0.2, 0.25) is 0 Å². The maximum absolute atomic E-state index is 9.16. The number of thiol groups is 1. The molecule has 0 spiro atoms. The second-order valence-electron chi connectivity index (χ2n) is 2.62. The lowest BCUT2D eigenvalue weighted by Crippen LogP contribution is -2.46. The molecule has 1 rings (SSSR count). The highest BCUT2D eigenvalue weighted by atomic mass is 32.1. The van der Waals surface area contributed by atoms with Gasteiger partial charge in [0, 0.05) is 6.42 Å². The van der Waals surface area contributed by atoms with E-state index in [9.17, 15) is 0 Å². The van der Waals surface area contributed by atoms with Crippen LogP contribution in [0.4, 0.5) is 0 Å². The molecule has 1 aliphatic heterocycles. The van der Waals surface area contributed by atoms with Gasteiger partial charge in [-0.25, -0.2) is 0 Å². The van der Waals surface area contributed by atoms with Crippen LogP contribution in [-0.2, 0) is 4.74 Å². The number of rotatable bonds is 1. The molecule has 0 aromatic rings. The third kappa shape index (κ3) is 2.07. The van der Waals surface area contributed by atoms with Crippen molar-refractivity contribution in [1.82, 2.24) is 0 Å². The molecule has 0 aliphatic carbocycles. The normalized spacial score (nSPS) is 45.8. The van der Waals surface area contributed by atoms with Crippen LogP contribution in [0.25, 0.3) is 0 Å². The SMILES string of the molecule is OCC1CC(O)C(O)[C@H](S)O1. The van der Waals surface area contributed by atoms with E-state index in [1.54, 1.807) is 0 Å². The lowest BCUT2D eigenvalue weighted by molar-refractivity contribution is -0.144. The average Bonchev–Trinajstić information content (AvgIpc) is 1.99. The van der Waals surface area contributed by atoms with E-state index >= 15 is 0 Å². The van der Waals surface area contributed by atoms with Crippen molar-refractivity contribution in [2.75, 3.05) is 6.61 Å². The lowest BCUT2D eigenvalue weighted by atomic mass is 10.0. The molecule has 11 heavy (non-hydrogen) atoms. The molecule has 3 N–H and O–H groups in total. The number of aliphatic hydroxyl groups is 3. The molecule has 0 aromatic heterocycles. The molecule has 5 heteroatoms. The molecule has 0 saturated carbocycles. The van der Waals surface area contributed by atoms with Gasteiger partial charge in [-0.15, -0.1) is 12.6 Å². The fourth-order valence-electron chi connectivity index (χ4n) is 1.05. The number of ether oxygens (including phenoxy) is 1. The maximum atomic E-state index is 9.16. The first kappa shape index (κ1) is 9.28. The third-order valence-electron chi connectivity index (χ3n) is 1.73. The van der Waals surface area contributed by atoms with Crippen molar-refractivity contribution in [3.8, 4) is 0 Å². The summed E-state index contributed by atoms with van der Waals surface area (Å²) < 4.78 is 5.02. The molecular weight excluding hydrogens is 168 g/mol. The van der Waals surface area contributed by atoms with E-state index in [1.807, 2.05) is 0 Å². The summed E-state index contributed by atoms with van der Waals surface area (Å²) in [5.74, 6) is 0. The van der Waals surface area contributed by atoms with Gasteiger partial charge in [-0.2, -0.15) is 0 Å². The highest BCUT2D eigenvalue weighted by molar-refractivity contribution is 7.80. The monoisotopic (exact) mass is 180 g/mol. The topological polar surface area (TPSA) is 69.9 Å². The Labute approximate surface area is 70.2 Å². The van der Waals surface area contributed by atoms with E-state index in [4.69, 9.17) is 20.1 Å². The molecule has 4 atom stereocenters. The predicted octanol–water partition coefficient (Wildman–Crippen LogP) is -1.25. The Morgan fingerprint density at radius 3 is 2.55 bits per heavy atom. The van der Waals surface area contributed by atoms with Gasteiger partial charge in [0.15, 0.2) is 0 Å². The van der Waals surface area contributed by atoms with Crippen molar-refractivity contribution in [2.45, 2.75) is 30.2 Å². The van der Waals surface area contributed by atoms with Crippen LogP contribution in [-0.4, -0.2) is 45.7 Å². The predicted molar refractivity (Wildman–Crippen MR) is 41.4 cm³/mol. The molecule has 3 unspecified atom stereocenters. The Bertz CT molecular complexity index is 120. The van der Waals surface area contributed by atoms with Crippen LogP contribution in [0.5, 0.6) is 0 Å². The Kier molecular flexibility index (Phi) is 3.15. The van der Waals surface area contributed by atoms with E-state index in [-0.39, 0.29) is 13.0 Å². The average molecular weight is 180 g/mol. The van der Waals surface area contributed by atoms with Gasteiger partial charge in [-0.05, 0) is 0 Å². The number of hydrogen-bond acceptors (Lipinski definition) is 5. The van der Waals surface area contributed by atoms with Crippen LogP contribution in [0.15, 0.2) is 0 Å². The zero-order valence-corrected chi connectivity index (χ0v) is 6.82. The van der Waals surface area contributed by atoms with E-state index in [0.717, 1.165) is 0 Å². The molecule has 0 amide bonds. The quantitative estimate of drug-likeness (QED) is 0.380. The van der Waals surface area contributed by atoms with Crippen LogP contribution in [0, 0.1) is 0 Å². The fraction of sp³-hybridized carbons (Fsp3) is 1.00. The van der Waals surface area contributed by atoms with Crippen molar-refractivity contribution < 1.29 is 20.1 Å². The van der Waals surface area contributed by atoms with Gasteiger partial charge in [-0.1, -0.05) is 0 Å². The summed E-state index contributed by atoms with van der Waals surface area (Å²) in [5.41, 5.74) is -0.698. The third-order valence-corrected chi connectivity index (χ3v) is 2.15. The van der Waals surface area contributed by atoms with Crippen LogP contribution >= 0.6 is 12.6 Å². The van der Waals surface area contributed by atoms with Crippen molar-refractivity contribution in [2.24, 2.45) is 0 Å². The summed E-state index contributed by atoms with van der Waals surface area (Å²) in [6.07, 6.45) is -1.95. The highest BCUT2D eigenvalue weighted by Gasteiger charge is 2.34. The van der Waals surface area contributed by atoms with Crippen LogP contribution < -0.4 is 0 Å². The van der Waals surface area contributed by atoms with Gasteiger partial charge in [0.1, 0.15) is 11.5 Å². The summed E-state index contributed by atoms with van der Waals surface area (Å²) in [7, 11) is 0. The first-order chi connectivity index (χ1) is 5.15. The smallest absolute Gasteiger partial charge is 0.129 e. The standard InChI is InChI=1S/C6H12O4S/c7-2-3-1-4(8)5(9)6(11)10-3/h3-9,11H,1-2H2/t3?,4?,5?,6-/m0/s1. The van der Waals surface area contributed by atoms with Crippen molar-refractivity contribution in [3.05, 3.63) is 0 Å². The zero-order valence-electron chi connectivity index (χ0n) is 5.92. The Balaban J connectivity index is 2.47. The molecule has 4 nitrogen and oxygen atoms in total. The molecule has 1 heterocycles. The first-order valence-corrected chi connectivity index (χ1v) is 3.97. The Hall–Kier alpha value is 0.190. The van der Waals surface area contributed by atoms with E-state index in [2.05, 4.69) is 12.6 Å². The van der Waals surface area contributed by atoms with Gasteiger partial charge >= 0.3 is 0 Å². The van der Waals surface area contributed by atoms with Crippen LogP contribution in [0.2, 0.25) is 0 Å². The first-order valence-electron chi connectivity index (χ1n) is 3.45. The van der Waals surface area contributed by atoms with Gasteiger partial charge in [0.05, 0.1) is 18.8 Å². The summed E-state index contributed by atoms with van der Waals surface area (Å²) in [6, 6.07) is 0. The second-order valence-corrected chi connectivity index (χ2v) is 3.13. The Morgan fingerprint density at radius 1 is 1.45 bits per heavy atom. The minimum Gasteiger partial charge on any atom is -0.394 e. The van der Waals surface area contributed by atoms with E-state index < -0.39 is 23.7 Å². The summed E-state index contributed by atoms with van der Waals surface area (Å²) in [5, 5.41) is 26.9. The number of aliphatic hydroxyl groups excluding tert-OH is 3. The molecule has 1 fully saturated rings. The van der Waals surface area contributed by atoms with Crippen molar-refractivity contribution >= 4 is 12.6 Å². The van der Waals surface area contributed by atoms with E-state index in [0.29, 0.717) is 0 Å². The minimum atomic E-state index is -0.957. The largest absolute Gasteiger partial charge is 0.394 e. The van der Waals surface area contributed by atoms with Crippen LogP contribution in [0.3, 0.4) is 0 Å². The second kappa shape index (κ2) is 3.73. The maximum Gasteiger partial charge on any atom is 0.129 e. The summed E-state index contributed by atoms with van der Waals surface area (Å²) >= 11 is 3.89. The van der Waals surface area contributed by atoms with E-state index in [1.165, 1.54) is 0 Å². The molecule has 1 saturated heterocycles. The van der Waals surface area contributed by atoms with Gasteiger partial charge in [0.25, 0.3) is 0 Å².